The molecule has 0 atom stereocenters. The maximum atomic E-state index is 12.8. The van der Waals surface area contributed by atoms with E-state index in [1.807, 2.05) is 30.4 Å². The summed E-state index contributed by atoms with van der Waals surface area (Å²) >= 11 is 1.40. The Hall–Kier alpha value is -3.99. The molecular formula is C22H19N7O3S. The molecule has 6 rings (SSSR count). The first-order valence-corrected chi connectivity index (χ1v) is 11.4. The zero-order valence-electron chi connectivity index (χ0n) is 17.4. The summed E-state index contributed by atoms with van der Waals surface area (Å²) in [5.74, 6) is -0.248. The molecule has 0 unspecified atom stereocenters. The molecule has 0 bridgehead atoms. The van der Waals surface area contributed by atoms with E-state index in [2.05, 4.69) is 15.1 Å². The fraction of sp³-hybridized carbons (Fsp3) is 0.227. The van der Waals surface area contributed by atoms with Crippen LogP contribution in [0.15, 0.2) is 46.3 Å². The van der Waals surface area contributed by atoms with Crippen LogP contribution in [-0.2, 0) is 0 Å². The number of aromatic amines is 2. The van der Waals surface area contributed by atoms with Crippen molar-refractivity contribution in [1.82, 2.24) is 29.5 Å². The molecule has 10 nitrogen and oxygen atoms in total. The van der Waals surface area contributed by atoms with Gasteiger partial charge >= 0.3 is 5.69 Å². The van der Waals surface area contributed by atoms with Crippen molar-refractivity contribution in [3.8, 4) is 16.5 Å². The lowest BCUT2D eigenvalue weighted by Crippen LogP contribution is -2.27. The number of hydrogen-bond donors (Lipinski definition) is 3. The lowest BCUT2D eigenvalue weighted by molar-refractivity contribution is 0.0804. The molecule has 3 N–H and O–H groups in total. The Bertz CT molecular complexity index is 1590. The smallest absolute Gasteiger partial charge is 0.326 e. The minimum atomic E-state index is -0.503. The van der Waals surface area contributed by atoms with Gasteiger partial charge < -0.3 is 15.0 Å². The van der Waals surface area contributed by atoms with Gasteiger partial charge in [0.25, 0.3) is 5.91 Å². The summed E-state index contributed by atoms with van der Waals surface area (Å²) in [6.07, 6.45) is 9.28. The Balaban J connectivity index is 1.48. The van der Waals surface area contributed by atoms with Gasteiger partial charge in [-0.05, 0) is 31.1 Å². The number of nitrogens with zero attached hydrogens (tertiary/aromatic N) is 5. The van der Waals surface area contributed by atoms with E-state index in [-0.39, 0.29) is 23.5 Å². The lowest BCUT2D eigenvalue weighted by atomic mass is 10.3. The third-order valence-electron chi connectivity index (χ3n) is 5.55. The highest BCUT2D eigenvalue weighted by molar-refractivity contribution is 7.17. The first kappa shape index (κ1) is 19.7. The lowest BCUT2D eigenvalue weighted by Gasteiger charge is -2.13. The van der Waals surface area contributed by atoms with Crippen LogP contribution in [0, 0.1) is 0 Å². The number of hydrogen-bond acceptors (Lipinski definition) is 7. The van der Waals surface area contributed by atoms with Crippen LogP contribution in [-0.4, -0.2) is 59.6 Å². The minimum absolute atomic E-state index is 0.00508. The Morgan fingerprint density at radius 3 is 2.79 bits per heavy atom. The average molecular weight is 462 g/mol. The summed E-state index contributed by atoms with van der Waals surface area (Å²) in [6.45, 7) is 1.26. The van der Waals surface area contributed by atoms with Crippen molar-refractivity contribution >= 4 is 29.0 Å². The van der Waals surface area contributed by atoms with Crippen LogP contribution in [0.1, 0.15) is 28.2 Å². The summed E-state index contributed by atoms with van der Waals surface area (Å²) in [5.41, 5.74) is 1.64. The zero-order valence-corrected chi connectivity index (χ0v) is 18.2. The van der Waals surface area contributed by atoms with Gasteiger partial charge in [0.05, 0.1) is 27.7 Å². The molecule has 0 aromatic carbocycles. The summed E-state index contributed by atoms with van der Waals surface area (Å²) in [7, 11) is 0. The van der Waals surface area contributed by atoms with Crippen LogP contribution in [0.2, 0.25) is 0 Å². The Kier molecular flexibility index (Phi) is 4.50. The molecule has 0 radical (unpaired) electrons. The van der Waals surface area contributed by atoms with Crippen molar-refractivity contribution in [2.45, 2.75) is 18.9 Å². The molecule has 1 aliphatic carbocycles. The number of aromatic hydroxyl groups is 1. The van der Waals surface area contributed by atoms with Crippen molar-refractivity contribution < 1.29 is 9.90 Å². The monoisotopic (exact) mass is 461 g/mol. The quantitative estimate of drug-likeness (QED) is 0.387. The Labute approximate surface area is 190 Å². The average Bonchev–Trinajstić information content (AvgIpc) is 3.25. The second kappa shape index (κ2) is 7.55. The molecule has 0 saturated heterocycles. The Morgan fingerprint density at radius 2 is 2.06 bits per heavy atom. The standard InChI is InChI=1S/C22H19N7O3S/c30-20-15(26-22(32)27-20)9-12-11-23-29-18(24-13-3-4-13)10-14(25-19(12)29)16-5-6-17(33-16)21(31)28-7-1-2-8-28/h1-2,5-6,9-11,13,30H,3-4,7-8H2,(H2,26,27,32)/b12-9+,24-18?. The molecular weight excluding hydrogens is 442 g/mol. The molecule has 5 heterocycles. The maximum absolute atomic E-state index is 12.8. The second-order valence-corrected chi connectivity index (χ2v) is 9.11. The van der Waals surface area contributed by atoms with E-state index < -0.39 is 5.69 Å². The molecule has 1 saturated carbocycles. The van der Waals surface area contributed by atoms with E-state index in [4.69, 9.17) is 9.98 Å². The van der Waals surface area contributed by atoms with E-state index in [0.29, 0.717) is 40.0 Å². The number of aromatic nitrogens is 5. The van der Waals surface area contributed by atoms with E-state index in [1.54, 1.807) is 21.7 Å². The second-order valence-electron chi connectivity index (χ2n) is 8.03. The normalized spacial score (nSPS) is 17.0. The molecule has 1 amide bonds. The fourth-order valence-electron chi connectivity index (χ4n) is 3.71. The molecule has 1 aliphatic heterocycles. The van der Waals surface area contributed by atoms with Crippen molar-refractivity contribution in [2.75, 3.05) is 13.1 Å². The van der Waals surface area contributed by atoms with Crippen molar-refractivity contribution in [3.63, 3.8) is 0 Å². The SMILES string of the molecule is O=C(c1ccc(-c2cc(=NC3CC3)n3nc/c(=C\c4[nH]c(=O)[nH]c4O)c3n2)s1)N1CC=CC1. The number of rotatable bonds is 4. The zero-order chi connectivity index (χ0) is 22.5. The highest BCUT2D eigenvalue weighted by Gasteiger charge is 2.22. The number of amides is 1. The molecule has 2 aliphatic rings. The van der Waals surface area contributed by atoms with Gasteiger partial charge in [0.2, 0.25) is 5.88 Å². The van der Waals surface area contributed by atoms with Crippen LogP contribution in [0.3, 0.4) is 0 Å². The fourth-order valence-corrected chi connectivity index (χ4v) is 4.65. The van der Waals surface area contributed by atoms with Crippen LogP contribution < -0.4 is 16.4 Å². The predicted octanol–water partition coefficient (Wildman–Crippen LogP) is 0.803. The van der Waals surface area contributed by atoms with Gasteiger partial charge in [-0.25, -0.2) is 9.78 Å². The maximum Gasteiger partial charge on any atom is 0.326 e. The van der Waals surface area contributed by atoms with Crippen molar-refractivity contribution in [2.24, 2.45) is 4.99 Å². The number of carbonyl (C=O) groups is 1. The van der Waals surface area contributed by atoms with Gasteiger partial charge in [0, 0.05) is 24.4 Å². The van der Waals surface area contributed by atoms with Crippen LogP contribution >= 0.6 is 11.3 Å². The van der Waals surface area contributed by atoms with E-state index in [0.717, 1.165) is 17.7 Å². The number of H-pyrrole nitrogens is 2. The molecule has 4 aromatic heterocycles. The highest BCUT2D eigenvalue weighted by Crippen LogP contribution is 2.28. The molecule has 0 spiro atoms. The van der Waals surface area contributed by atoms with Gasteiger partial charge in [0.1, 0.15) is 5.69 Å². The third-order valence-corrected chi connectivity index (χ3v) is 6.65. The van der Waals surface area contributed by atoms with Crippen molar-refractivity contribution in [3.05, 3.63) is 68.3 Å². The molecule has 1 fully saturated rings. The molecule has 4 aromatic rings. The Morgan fingerprint density at radius 1 is 1.24 bits per heavy atom. The van der Waals surface area contributed by atoms with Gasteiger partial charge in [-0.3, -0.25) is 14.8 Å². The number of imidazole rings is 1. The molecule has 11 heteroatoms. The summed E-state index contributed by atoms with van der Waals surface area (Å²) in [6, 6.07) is 5.88. The summed E-state index contributed by atoms with van der Waals surface area (Å²) in [5, 5.41) is 15.0. The number of thiophene rings is 1. The van der Waals surface area contributed by atoms with Gasteiger partial charge in [-0.2, -0.15) is 9.61 Å². The summed E-state index contributed by atoms with van der Waals surface area (Å²) in [4.78, 5) is 42.0. The van der Waals surface area contributed by atoms with Crippen LogP contribution in [0.5, 0.6) is 5.88 Å². The van der Waals surface area contributed by atoms with E-state index in [1.165, 1.54) is 11.3 Å². The third kappa shape index (κ3) is 3.65. The van der Waals surface area contributed by atoms with Gasteiger partial charge in [-0.1, -0.05) is 12.2 Å². The first-order chi connectivity index (χ1) is 16.0. The van der Waals surface area contributed by atoms with Crippen molar-refractivity contribution in [1.29, 1.82) is 0 Å². The number of fused-ring (bicyclic) bond motifs is 1. The molecule has 166 valence electrons. The van der Waals surface area contributed by atoms with E-state index in [9.17, 15) is 14.7 Å². The largest absolute Gasteiger partial charge is 0.493 e. The van der Waals surface area contributed by atoms with E-state index >= 15 is 0 Å². The van der Waals surface area contributed by atoms with Crippen LogP contribution in [0.25, 0.3) is 22.3 Å². The number of carbonyl (C=O) groups excluding carboxylic acids is 1. The predicted molar refractivity (Wildman–Crippen MR) is 122 cm³/mol. The minimum Gasteiger partial charge on any atom is -0.493 e. The molecule has 33 heavy (non-hydrogen) atoms. The number of nitrogens with one attached hydrogen (secondary N) is 2. The van der Waals surface area contributed by atoms with Gasteiger partial charge in [-0.15, -0.1) is 11.3 Å². The first-order valence-electron chi connectivity index (χ1n) is 10.6. The van der Waals surface area contributed by atoms with Gasteiger partial charge in [0.15, 0.2) is 11.1 Å². The topological polar surface area (TPSA) is 132 Å². The highest BCUT2D eigenvalue weighted by atomic mass is 32.1. The summed E-state index contributed by atoms with van der Waals surface area (Å²) < 4.78 is 1.66. The van der Waals surface area contributed by atoms with Crippen LogP contribution in [0.4, 0.5) is 0 Å².